The van der Waals surface area contributed by atoms with Crippen LogP contribution in [-0.4, -0.2) is 30.1 Å². The monoisotopic (exact) mass is 264 g/mol. The zero-order valence-corrected chi connectivity index (χ0v) is 10.4. The van der Waals surface area contributed by atoms with E-state index in [0.29, 0.717) is 12.5 Å². The summed E-state index contributed by atoms with van der Waals surface area (Å²) in [6.07, 6.45) is 2.30. The lowest BCUT2D eigenvalue weighted by Crippen LogP contribution is -2.30. The molecule has 0 bridgehead atoms. The Morgan fingerprint density at radius 2 is 2.16 bits per heavy atom. The molecular weight excluding hydrogens is 248 g/mol. The molecule has 0 saturated heterocycles. The molecule has 1 aromatic rings. The maximum absolute atomic E-state index is 11.5. The van der Waals surface area contributed by atoms with Gasteiger partial charge in [0.15, 0.2) is 6.61 Å². The van der Waals surface area contributed by atoms with Crippen LogP contribution < -0.4 is 15.8 Å². The smallest absolute Gasteiger partial charge is 0.341 e. The van der Waals surface area contributed by atoms with E-state index in [1.54, 1.807) is 6.07 Å². The van der Waals surface area contributed by atoms with Crippen LogP contribution >= 0.6 is 0 Å². The third kappa shape index (κ3) is 3.61. The molecule has 1 aliphatic carbocycles. The van der Waals surface area contributed by atoms with E-state index in [1.807, 2.05) is 0 Å². The number of amides is 1. The number of hydrogen-bond acceptors (Lipinski definition) is 4. The van der Waals surface area contributed by atoms with Crippen LogP contribution in [0.2, 0.25) is 0 Å². The number of carboxylic acid groups (broad SMARTS) is 1. The van der Waals surface area contributed by atoms with Crippen molar-refractivity contribution in [2.75, 3.05) is 18.9 Å². The number of rotatable bonds is 6. The van der Waals surface area contributed by atoms with E-state index in [-0.39, 0.29) is 29.5 Å². The Hall–Kier alpha value is -2.24. The molecule has 1 aromatic carbocycles. The van der Waals surface area contributed by atoms with Gasteiger partial charge in [0.05, 0.1) is 0 Å². The number of aromatic carboxylic acids is 1. The van der Waals surface area contributed by atoms with Crippen molar-refractivity contribution in [3.63, 3.8) is 0 Å². The van der Waals surface area contributed by atoms with Crippen LogP contribution in [0.5, 0.6) is 5.75 Å². The van der Waals surface area contributed by atoms with Crippen LogP contribution in [0.15, 0.2) is 18.2 Å². The van der Waals surface area contributed by atoms with Crippen molar-refractivity contribution >= 4 is 17.6 Å². The van der Waals surface area contributed by atoms with Gasteiger partial charge in [-0.05, 0) is 30.9 Å². The number of benzene rings is 1. The summed E-state index contributed by atoms with van der Waals surface area (Å²) in [6, 6.07) is 4.54. The van der Waals surface area contributed by atoms with Crippen LogP contribution in [0, 0.1) is 5.92 Å². The van der Waals surface area contributed by atoms with Gasteiger partial charge in [0, 0.05) is 12.2 Å². The van der Waals surface area contributed by atoms with Gasteiger partial charge in [0.2, 0.25) is 0 Å². The maximum Gasteiger partial charge on any atom is 0.341 e. The number of carbonyl (C=O) groups excluding carboxylic acids is 1. The van der Waals surface area contributed by atoms with Gasteiger partial charge in [0.1, 0.15) is 11.3 Å². The minimum Gasteiger partial charge on any atom is -0.483 e. The number of nitrogens with two attached hydrogens (primary N) is 1. The molecule has 19 heavy (non-hydrogen) atoms. The SMILES string of the molecule is Nc1cccc(OCC(=O)NCC2CC2)c1C(=O)O. The highest BCUT2D eigenvalue weighted by Gasteiger charge is 2.22. The van der Waals surface area contributed by atoms with Crippen molar-refractivity contribution in [2.45, 2.75) is 12.8 Å². The molecule has 1 saturated carbocycles. The molecule has 1 fully saturated rings. The molecule has 6 heteroatoms. The number of anilines is 1. The predicted octanol–water partition coefficient (Wildman–Crippen LogP) is 0.872. The van der Waals surface area contributed by atoms with E-state index in [4.69, 9.17) is 15.6 Å². The third-order valence-corrected chi connectivity index (χ3v) is 2.92. The third-order valence-electron chi connectivity index (χ3n) is 2.92. The van der Waals surface area contributed by atoms with Crippen molar-refractivity contribution in [1.29, 1.82) is 0 Å². The van der Waals surface area contributed by atoms with Crippen molar-refractivity contribution in [2.24, 2.45) is 5.92 Å². The number of nitrogens with one attached hydrogen (secondary N) is 1. The van der Waals surface area contributed by atoms with Gasteiger partial charge in [-0.2, -0.15) is 0 Å². The van der Waals surface area contributed by atoms with E-state index >= 15 is 0 Å². The minimum absolute atomic E-state index is 0.106. The van der Waals surface area contributed by atoms with E-state index < -0.39 is 5.97 Å². The molecule has 1 aliphatic rings. The van der Waals surface area contributed by atoms with Gasteiger partial charge in [-0.25, -0.2) is 4.79 Å². The maximum atomic E-state index is 11.5. The second-order valence-corrected chi connectivity index (χ2v) is 4.56. The highest BCUT2D eigenvalue weighted by molar-refractivity contribution is 5.96. The van der Waals surface area contributed by atoms with Gasteiger partial charge in [-0.3, -0.25) is 4.79 Å². The Bertz CT molecular complexity index is 497. The molecule has 0 unspecified atom stereocenters. The standard InChI is InChI=1S/C13H16N2O4/c14-9-2-1-3-10(12(9)13(17)18)19-7-11(16)15-6-8-4-5-8/h1-3,8H,4-7,14H2,(H,15,16)(H,17,18). The minimum atomic E-state index is -1.17. The summed E-state index contributed by atoms with van der Waals surface area (Å²) < 4.78 is 5.22. The Morgan fingerprint density at radius 3 is 2.79 bits per heavy atom. The average Bonchev–Trinajstić information content (AvgIpc) is 3.17. The molecule has 0 aliphatic heterocycles. The summed E-state index contributed by atoms with van der Waals surface area (Å²) in [7, 11) is 0. The fourth-order valence-corrected chi connectivity index (χ4v) is 1.67. The molecular formula is C13H16N2O4. The molecule has 2 rings (SSSR count). The van der Waals surface area contributed by atoms with Gasteiger partial charge < -0.3 is 20.9 Å². The Kier molecular flexibility index (Phi) is 3.89. The molecule has 0 spiro atoms. The first-order valence-electron chi connectivity index (χ1n) is 6.09. The molecule has 0 aromatic heterocycles. The van der Waals surface area contributed by atoms with Crippen LogP contribution in [-0.2, 0) is 4.79 Å². The summed E-state index contributed by atoms with van der Waals surface area (Å²) in [5.41, 5.74) is 5.57. The summed E-state index contributed by atoms with van der Waals surface area (Å²) >= 11 is 0. The Balaban J connectivity index is 1.92. The van der Waals surface area contributed by atoms with Crippen LogP contribution in [0.1, 0.15) is 23.2 Å². The summed E-state index contributed by atoms with van der Waals surface area (Å²) in [4.78, 5) is 22.5. The fourth-order valence-electron chi connectivity index (χ4n) is 1.67. The van der Waals surface area contributed by atoms with E-state index in [0.717, 1.165) is 12.8 Å². The fraction of sp³-hybridized carbons (Fsp3) is 0.385. The van der Waals surface area contributed by atoms with E-state index in [2.05, 4.69) is 5.32 Å². The van der Waals surface area contributed by atoms with Crippen LogP contribution in [0.25, 0.3) is 0 Å². The first-order valence-corrected chi connectivity index (χ1v) is 6.09. The second-order valence-electron chi connectivity index (χ2n) is 4.56. The predicted molar refractivity (Wildman–Crippen MR) is 69.0 cm³/mol. The van der Waals surface area contributed by atoms with Gasteiger partial charge in [-0.1, -0.05) is 6.07 Å². The highest BCUT2D eigenvalue weighted by Crippen LogP contribution is 2.27. The molecule has 4 N–H and O–H groups in total. The molecule has 0 atom stereocenters. The van der Waals surface area contributed by atoms with Crippen molar-refractivity contribution in [3.8, 4) is 5.75 Å². The summed E-state index contributed by atoms with van der Waals surface area (Å²) in [5, 5.41) is 11.8. The first-order chi connectivity index (χ1) is 9.08. The molecule has 0 heterocycles. The Morgan fingerprint density at radius 1 is 1.42 bits per heavy atom. The van der Waals surface area contributed by atoms with Crippen molar-refractivity contribution < 1.29 is 19.4 Å². The van der Waals surface area contributed by atoms with Crippen LogP contribution in [0.3, 0.4) is 0 Å². The molecule has 1 amide bonds. The van der Waals surface area contributed by atoms with Crippen molar-refractivity contribution in [3.05, 3.63) is 23.8 Å². The van der Waals surface area contributed by atoms with Gasteiger partial charge in [-0.15, -0.1) is 0 Å². The zero-order valence-electron chi connectivity index (χ0n) is 10.4. The number of carboxylic acids is 1. The van der Waals surface area contributed by atoms with E-state index in [1.165, 1.54) is 12.1 Å². The molecule has 102 valence electrons. The second kappa shape index (κ2) is 5.60. The molecule has 0 radical (unpaired) electrons. The molecule has 6 nitrogen and oxygen atoms in total. The normalized spacial score (nSPS) is 13.9. The lowest BCUT2D eigenvalue weighted by molar-refractivity contribution is -0.123. The van der Waals surface area contributed by atoms with Gasteiger partial charge in [0.25, 0.3) is 5.91 Å². The quantitative estimate of drug-likeness (QED) is 0.662. The number of carbonyl (C=O) groups is 2. The highest BCUT2D eigenvalue weighted by atomic mass is 16.5. The summed E-state index contributed by atoms with van der Waals surface area (Å²) in [6.45, 7) is 0.446. The zero-order chi connectivity index (χ0) is 13.8. The van der Waals surface area contributed by atoms with Crippen LogP contribution in [0.4, 0.5) is 5.69 Å². The average molecular weight is 264 g/mol. The van der Waals surface area contributed by atoms with Gasteiger partial charge >= 0.3 is 5.97 Å². The topological polar surface area (TPSA) is 102 Å². The largest absolute Gasteiger partial charge is 0.483 e. The first kappa shape index (κ1) is 13.2. The lowest BCUT2D eigenvalue weighted by atomic mass is 10.1. The number of ether oxygens (including phenoxy) is 1. The number of hydrogen-bond donors (Lipinski definition) is 3. The number of nitrogen functional groups attached to an aromatic ring is 1. The summed E-state index contributed by atoms with van der Waals surface area (Å²) in [5.74, 6) is -0.739. The Labute approximate surface area is 110 Å². The lowest BCUT2D eigenvalue weighted by Gasteiger charge is -2.10. The van der Waals surface area contributed by atoms with Crippen molar-refractivity contribution in [1.82, 2.24) is 5.32 Å². The van der Waals surface area contributed by atoms with E-state index in [9.17, 15) is 9.59 Å².